The smallest absolute Gasteiger partial charge is 0.0714 e. The third-order valence-corrected chi connectivity index (χ3v) is 11.7. The van der Waals surface area contributed by atoms with Crippen LogP contribution in [-0.4, -0.2) is 0 Å². The first-order chi connectivity index (χ1) is 27.8. The SMILES string of the molecule is C1=CCC(c2cc3c(cc2N(c2ccc(-c4ccccc4)cc2)c2ccc(-c4ccccc4)cc2)C(c2ccccc2)(c2ccccc2)c2ccccc2-3)C=C1. The Morgan fingerprint density at radius 2 is 0.893 bits per heavy atom. The summed E-state index contributed by atoms with van der Waals surface area (Å²) in [7, 11) is 0. The van der Waals surface area contributed by atoms with E-state index in [1.165, 1.54) is 66.9 Å². The molecule has 0 radical (unpaired) electrons. The number of fused-ring (bicyclic) bond motifs is 3. The van der Waals surface area contributed by atoms with Gasteiger partial charge >= 0.3 is 0 Å². The Bertz CT molecular complexity index is 2550. The molecule has 0 saturated carbocycles. The number of hydrogen-bond donors (Lipinski definition) is 0. The van der Waals surface area contributed by atoms with Crippen LogP contribution in [0.4, 0.5) is 17.1 Å². The van der Waals surface area contributed by atoms with Gasteiger partial charge in [0.25, 0.3) is 0 Å². The summed E-state index contributed by atoms with van der Waals surface area (Å²) in [6.45, 7) is 0. The second kappa shape index (κ2) is 14.4. The zero-order valence-electron chi connectivity index (χ0n) is 31.2. The van der Waals surface area contributed by atoms with Crippen LogP contribution >= 0.6 is 0 Å². The van der Waals surface area contributed by atoms with Gasteiger partial charge in [0.2, 0.25) is 0 Å². The molecule has 0 heterocycles. The zero-order valence-corrected chi connectivity index (χ0v) is 31.2. The summed E-state index contributed by atoms with van der Waals surface area (Å²) in [6.07, 6.45) is 10.0. The van der Waals surface area contributed by atoms with Crippen molar-refractivity contribution in [2.45, 2.75) is 17.8 Å². The molecule has 2 aliphatic carbocycles. The minimum absolute atomic E-state index is 0.214. The maximum absolute atomic E-state index is 2.53. The lowest BCUT2D eigenvalue weighted by Gasteiger charge is -2.36. The molecule has 0 saturated heterocycles. The fourth-order valence-corrected chi connectivity index (χ4v) is 9.09. The van der Waals surface area contributed by atoms with Crippen LogP contribution in [0.5, 0.6) is 0 Å². The molecule has 266 valence electrons. The van der Waals surface area contributed by atoms with Gasteiger partial charge < -0.3 is 4.90 Å². The molecule has 0 aromatic heterocycles. The number of nitrogens with zero attached hydrogens (tertiary/aromatic N) is 1. The van der Waals surface area contributed by atoms with E-state index in [0.717, 1.165) is 17.8 Å². The summed E-state index contributed by atoms with van der Waals surface area (Å²) in [6, 6.07) is 75.9. The van der Waals surface area contributed by atoms with Gasteiger partial charge in [0, 0.05) is 17.3 Å². The molecule has 8 aromatic rings. The van der Waals surface area contributed by atoms with E-state index < -0.39 is 5.41 Å². The number of allylic oxidation sites excluding steroid dienone is 4. The molecular formula is C55H41N. The van der Waals surface area contributed by atoms with Gasteiger partial charge in [0.1, 0.15) is 0 Å². The molecule has 0 bridgehead atoms. The number of rotatable bonds is 8. The minimum Gasteiger partial charge on any atom is -0.310 e. The van der Waals surface area contributed by atoms with Gasteiger partial charge in [-0.2, -0.15) is 0 Å². The minimum atomic E-state index is -0.510. The van der Waals surface area contributed by atoms with Crippen LogP contribution in [0.3, 0.4) is 0 Å². The van der Waals surface area contributed by atoms with Gasteiger partial charge in [-0.3, -0.25) is 0 Å². The average Bonchev–Trinajstić information content (AvgIpc) is 3.58. The van der Waals surface area contributed by atoms with E-state index in [1.807, 2.05) is 0 Å². The van der Waals surface area contributed by atoms with Crippen LogP contribution in [0.1, 0.15) is 40.2 Å². The van der Waals surface area contributed by atoms with Crippen molar-refractivity contribution >= 4 is 17.1 Å². The predicted molar refractivity (Wildman–Crippen MR) is 235 cm³/mol. The maximum atomic E-state index is 2.53. The third-order valence-electron chi connectivity index (χ3n) is 11.7. The lowest BCUT2D eigenvalue weighted by molar-refractivity contribution is 0.766. The molecule has 56 heavy (non-hydrogen) atoms. The summed E-state index contributed by atoms with van der Waals surface area (Å²) >= 11 is 0. The van der Waals surface area contributed by atoms with Crippen molar-refractivity contribution in [3.8, 4) is 33.4 Å². The van der Waals surface area contributed by atoms with Crippen molar-refractivity contribution in [3.63, 3.8) is 0 Å². The summed E-state index contributed by atoms with van der Waals surface area (Å²) < 4.78 is 0. The normalized spacial score (nSPS) is 14.9. The standard InChI is InChI=1S/C55H41N/c1-6-18-40(19-7-1)42-30-34-47(35-31-42)56(48-36-32-43(33-37-48)41-20-8-2-9-21-41)54-39-53-51(38-50(54)44-22-10-3-11-23-44)49-28-16-17-29-52(49)55(53,45-24-12-4-13-25-45)46-26-14-5-15-27-46/h1-22,24-39,44H,23H2. The van der Waals surface area contributed by atoms with Gasteiger partial charge in [-0.15, -0.1) is 0 Å². The molecular weight excluding hydrogens is 675 g/mol. The largest absolute Gasteiger partial charge is 0.310 e. The molecule has 0 aliphatic heterocycles. The summed E-state index contributed by atoms with van der Waals surface area (Å²) in [5.74, 6) is 0.214. The molecule has 0 spiro atoms. The van der Waals surface area contributed by atoms with Gasteiger partial charge in [-0.05, 0) is 104 Å². The quantitative estimate of drug-likeness (QED) is 0.151. The fraction of sp³-hybridized carbons (Fsp3) is 0.0545. The molecule has 0 N–H and O–H groups in total. The molecule has 1 unspecified atom stereocenters. The lowest BCUT2D eigenvalue weighted by atomic mass is 9.67. The van der Waals surface area contributed by atoms with Crippen molar-refractivity contribution in [1.82, 2.24) is 0 Å². The Morgan fingerprint density at radius 3 is 1.41 bits per heavy atom. The van der Waals surface area contributed by atoms with Crippen molar-refractivity contribution in [2.24, 2.45) is 0 Å². The highest BCUT2D eigenvalue weighted by Gasteiger charge is 2.47. The van der Waals surface area contributed by atoms with Crippen LogP contribution in [0.15, 0.2) is 231 Å². The first-order valence-corrected chi connectivity index (χ1v) is 19.6. The molecule has 10 rings (SSSR count). The Labute approximate surface area is 330 Å². The Morgan fingerprint density at radius 1 is 0.411 bits per heavy atom. The molecule has 0 amide bonds. The monoisotopic (exact) mass is 715 g/mol. The number of hydrogen-bond acceptors (Lipinski definition) is 1. The van der Waals surface area contributed by atoms with E-state index in [1.54, 1.807) is 0 Å². The molecule has 2 aliphatic rings. The molecule has 0 fully saturated rings. The number of anilines is 3. The lowest BCUT2D eigenvalue weighted by Crippen LogP contribution is -2.29. The first kappa shape index (κ1) is 33.6. The first-order valence-electron chi connectivity index (χ1n) is 19.6. The van der Waals surface area contributed by atoms with Gasteiger partial charge in [-0.1, -0.05) is 194 Å². The van der Waals surface area contributed by atoms with Crippen molar-refractivity contribution in [1.29, 1.82) is 0 Å². The summed E-state index contributed by atoms with van der Waals surface area (Å²) in [5, 5.41) is 0. The summed E-state index contributed by atoms with van der Waals surface area (Å²) in [4.78, 5) is 2.50. The fourth-order valence-electron chi connectivity index (χ4n) is 9.09. The second-order valence-corrected chi connectivity index (χ2v) is 14.8. The number of benzene rings is 8. The van der Waals surface area contributed by atoms with Crippen molar-refractivity contribution < 1.29 is 0 Å². The van der Waals surface area contributed by atoms with Crippen LogP contribution in [0.25, 0.3) is 33.4 Å². The topological polar surface area (TPSA) is 3.24 Å². The van der Waals surface area contributed by atoms with E-state index in [2.05, 4.69) is 235 Å². The van der Waals surface area contributed by atoms with Crippen LogP contribution in [0.2, 0.25) is 0 Å². The van der Waals surface area contributed by atoms with Crippen LogP contribution in [-0.2, 0) is 5.41 Å². The average molecular weight is 716 g/mol. The molecule has 1 heteroatoms. The Balaban J connectivity index is 1.26. The van der Waals surface area contributed by atoms with Crippen LogP contribution < -0.4 is 4.90 Å². The Kier molecular flexibility index (Phi) is 8.61. The van der Waals surface area contributed by atoms with Gasteiger partial charge in [0.05, 0.1) is 11.1 Å². The highest BCUT2D eigenvalue weighted by molar-refractivity contribution is 5.91. The molecule has 1 nitrogen and oxygen atoms in total. The second-order valence-electron chi connectivity index (χ2n) is 14.8. The third kappa shape index (κ3) is 5.72. The van der Waals surface area contributed by atoms with Crippen LogP contribution in [0, 0.1) is 0 Å². The highest BCUT2D eigenvalue weighted by atomic mass is 15.1. The highest BCUT2D eigenvalue weighted by Crippen LogP contribution is 2.58. The molecule has 8 aromatic carbocycles. The summed E-state index contributed by atoms with van der Waals surface area (Å²) in [5.41, 5.74) is 16.8. The van der Waals surface area contributed by atoms with Gasteiger partial charge in [0.15, 0.2) is 0 Å². The molecule has 1 atom stereocenters. The van der Waals surface area contributed by atoms with E-state index in [-0.39, 0.29) is 5.92 Å². The van der Waals surface area contributed by atoms with E-state index in [4.69, 9.17) is 0 Å². The zero-order chi connectivity index (χ0) is 37.3. The van der Waals surface area contributed by atoms with E-state index in [0.29, 0.717) is 0 Å². The van der Waals surface area contributed by atoms with Crippen molar-refractivity contribution in [3.05, 3.63) is 258 Å². The van der Waals surface area contributed by atoms with Gasteiger partial charge in [-0.25, -0.2) is 0 Å². The van der Waals surface area contributed by atoms with E-state index >= 15 is 0 Å². The maximum Gasteiger partial charge on any atom is 0.0714 e. The van der Waals surface area contributed by atoms with E-state index in [9.17, 15) is 0 Å². The predicted octanol–water partition coefficient (Wildman–Crippen LogP) is 14.5. The Hall–Kier alpha value is -6.96. The van der Waals surface area contributed by atoms with Crippen molar-refractivity contribution in [2.75, 3.05) is 4.90 Å².